The van der Waals surface area contributed by atoms with E-state index in [1.54, 1.807) is 0 Å². The lowest BCUT2D eigenvalue weighted by molar-refractivity contribution is -0.422. The average Bonchev–Trinajstić information content (AvgIpc) is 2.51. The fourth-order valence-corrected chi connectivity index (χ4v) is 2.66. The molecule has 0 aromatic heterocycles. The largest absolute Gasteiger partial charge is 0.465 e. The normalized spacial score (nSPS) is 18.5. The maximum atomic E-state index is 13.7. The van der Waals surface area contributed by atoms with Crippen molar-refractivity contribution in [1.29, 1.82) is 0 Å². The number of alkyl halides is 11. The fraction of sp³-hybridized carbons (Fsp3) is 0.923. The molecule has 160 valence electrons. The van der Waals surface area contributed by atoms with Crippen LogP contribution in [0.5, 0.6) is 0 Å². The number of carboxylic acid groups (broad SMARTS) is 1. The molecule has 0 spiro atoms. The second-order valence-electron chi connectivity index (χ2n) is 6.13. The maximum Gasteiger partial charge on any atom is 0.460 e. The van der Waals surface area contributed by atoms with Gasteiger partial charge in [0.05, 0.1) is 6.54 Å². The van der Waals surface area contributed by atoms with Gasteiger partial charge in [-0.3, -0.25) is 4.90 Å². The standard InChI is InChI=1S/C13H14F11NO2/c14-9(15,6-25(8(26)27)7-4-2-1-3-5-7)10(16,17)11(18,19)12(20,21)13(22,23)24/h7H,1-6H2,(H,26,27). The van der Waals surface area contributed by atoms with Crippen LogP contribution in [0, 0.1) is 0 Å². The zero-order valence-corrected chi connectivity index (χ0v) is 13.3. The number of rotatable bonds is 6. The van der Waals surface area contributed by atoms with Crippen LogP contribution in [0.15, 0.2) is 0 Å². The van der Waals surface area contributed by atoms with E-state index >= 15 is 0 Å². The fourth-order valence-electron chi connectivity index (χ4n) is 2.66. The summed E-state index contributed by atoms with van der Waals surface area (Å²) in [6.45, 7) is -2.66. The van der Waals surface area contributed by atoms with Gasteiger partial charge in [0.1, 0.15) is 0 Å². The topological polar surface area (TPSA) is 40.5 Å². The van der Waals surface area contributed by atoms with E-state index in [2.05, 4.69) is 0 Å². The van der Waals surface area contributed by atoms with Gasteiger partial charge in [0.15, 0.2) is 0 Å². The van der Waals surface area contributed by atoms with Crippen LogP contribution in [0.3, 0.4) is 0 Å². The Labute approximate surface area is 145 Å². The van der Waals surface area contributed by atoms with Crippen LogP contribution < -0.4 is 0 Å². The van der Waals surface area contributed by atoms with Gasteiger partial charge in [-0.1, -0.05) is 19.3 Å². The first kappa shape index (κ1) is 23.5. The molecule has 0 aromatic rings. The Balaban J connectivity index is 3.23. The van der Waals surface area contributed by atoms with Gasteiger partial charge < -0.3 is 5.11 Å². The molecule has 0 radical (unpaired) electrons. The van der Waals surface area contributed by atoms with Crippen molar-refractivity contribution in [1.82, 2.24) is 4.90 Å². The van der Waals surface area contributed by atoms with Crippen LogP contribution >= 0.6 is 0 Å². The van der Waals surface area contributed by atoms with Gasteiger partial charge in [0.25, 0.3) is 0 Å². The third kappa shape index (κ3) is 4.03. The Bertz CT molecular complexity index is 541. The van der Waals surface area contributed by atoms with Crippen molar-refractivity contribution in [3.8, 4) is 0 Å². The molecule has 0 heterocycles. The van der Waals surface area contributed by atoms with E-state index in [1.165, 1.54) is 0 Å². The van der Waals surface area contributed by atoms with Crippen LogP contribution in [0.2, 0.25) is 0 Å². The van der Waals surface area contributed by atoms with E-state index in [4.69, 9.17) is 5.11 Å². The summed E-state index contributed by atoms with van der Waals surface area (Å²) < 4.78 is 142. The smallest absolute Gasteiger partial charge is 0.460 e. The highest BCUT2D eigenvalue weighted by Gasteiger charge is 2.87. The Hall–Kier alpha value is -1.50. The second kappa shape index (κ2) is 7.15. The molecule has 1 fully saturated rings. The quantitative estimate of drug-likeness (QED) is 0.579. The zero-order valence-electron chi connectivity index (χ0n) is 13.3. The van der Waals surface area contributed by atoms with E-state index in [1.807, 2.05) is 0 Å². The molecule has 0 bridgehead atoms. The zero-order chi connectivity index (χ0) is 21.5. The lowest BCUT2D eigenvalue weighted by Crippen LogP contribution is -2.68. The number of nitrogens with zero attached hydrogens (tertiary/aromatic N) is 1. The minimum atomic E-state index is -7.53. The van der Waals surface area contributed by atoms with E-state index < -0.39 is 48.5 Å². The van der Waals surface area contributed by atoms with Gasteiger partial charge >= 0.3 is 36.0 Å². The van der Waals surface area contributed by atoms with Gasteiger partial charge in [-0.2, -0.15) is 48.3 Å². The van der Waals surface area contributed by atoms with Gasteiger partial charge in [-0.05, 0) is 12.8 Å². The number of halogens is 11. The molecule has 0 aliphatic heterocycles. The summed E-state index contributed by atoms with van der Waals surface area (Å²) in [5, 5.41) is 8.88. The van der Waals surface area contributed by atoms with Crippen molar-refractivity contribution < 1.29 is 58.2 Å². The minimum absolute atomic E-state index is 0.0803. The van der Waals surface area contributed by atoms with Crippen molar-refractivity contribution in [2.75, 3.05) is 6.54 Å². The average molecular weight is 425 g/mol. The molecule has 0 unspecified atom stereocenters. The molecular formula is C13H14F11NO2. The Morgan fingerprint density at radius 1 is 0.778 bits per heavy atom. The van der Waals surface area contributed by atoms with E-state index in [0.29, 0.717) is 19.3 Å². The first-order valence-electron chi connectivity index (χ1n) is 7.47. The predicted molar refractivity (Wildman–Crippen MR) is 67.4 cm³/mol. The number of amides is 1. The van der Waals surface area contributed by atoms with Crippen LogP contribution in [0.4, 0.5) is 53.1 Å². The van der Waals surface area contributed by atoms with Gasteiger partial charge in [-0.25, -0.2) is 4.79 Å². The van der Waals surface area contributed by atoms with Crippen molar-refractivity contribution in [2.45, 2.75) is 68.0 Å². The highest BCUT2D eigenvalue weighted by atomic mass is 19.4. The van der Waals surface area contributed by atoms with E-state index in [-0.39, 0.29) is 17.7 Å². The van der Waals surface area contributed by atoms with E-state index in [0.717, 1.165) is 0 Å². The number of hydrogen-bond acceptors (Lipinski definition) is 1. The highest BCUT2D eigenvalue weighted by molar-refractivity contribution is 5.65. The number of hydrogen-bond donors (Lipinski definition) is 1. The molecule has 1 N–H and O–H groups in total. The summed E-state index contributed by atoms with van der Waals surface area (Å²) in [5.74, 6) is -28.4. The summed E-state index contributed by atoms with van der Waals surface area (Å²) in [6, 6.07) is -1.28. The van der Waals surface area contributed by atoms with Gasteiger partial charge in [0, 0.05) is 6.04 Å². The highest BCUT2D eigenvalue weighted by Crippen LogP contribution is 2.57. The molecule has 27 heavy (non-hydrogen) atoms. The molecule has 1 aliphatic carbocycles. The molecule has 1 rings (SSSR count). The van der Waals surface area contributed by atoms with Crippen molar-refractivity contribution >= 4 is 6.09 Å². The summed E-state index contributed by atoms with van der Waals surface area (Å²) in [6.07, 6.45) is -8.45. The second-order valence-corrected chi connectivity index (χ2v) is 6.13. The van der Waals surface area contributed by atoms with E-state index in [9.17, 15) is 53.1 Å². The number of carbonyl (C=O) groups is 1. The summed E-state index contributed by atoms with van der Waals surface area (Å²) in [5.41, 5.74) is 0. The summed E-state index contributed by atoms with van der Waals surface area (Å²) in [4.78, 5) is 10.7. The van der Waals surface area contributed by atoms with Crippen molar-refractivity contribution in [3.05, 3.63) is 0 Å². The van der Waals surface area contributed by atoms with Crippen LogP contribution in [0.25, 0.3) is 0 Å². The third-order valence-electron chi connectivity index (χ3n) is 4.23. The van der Waals surface area contributed by atoms with Gasteiger partial charge in [-0.15, -0.1) is 0 Å². The molecule has 1 aliphatic rings. The molecule has 14 heteroatoms. The maximum absolute atomic E-state index is 13.7. The van der Waals surface area contributed by atoms with Crippen LogP contribution in [-0.2, 0) is 0 Å². The lowest BCUT2D eigenvalue weighted by Gasteiger charge is -2.40. The SMILES string of the molecule is O=C(O)N(CC(F)(F)C(F)(F)C(F)(F)C(F)(F)C(F)(F)F)C1CCCCC1. The summed E-state index contributed by atoms with van der Waals surface area (Å²) in [7, 11) is 0. The van der Waals surface area contributed by atoms with Crippen LogP contribution in [-0.4, -0.2) is 58.6 Å². The molecule has 0 aromatic carbocycles. The molecule has 1 amide bonds. The molecule has 0 atom stereocenters. The van der Waals surface area contributed by atoms with Crippen molar-refractivity contribution in [2.24, 2.45) is 0 Å². The first-order chi connectivity index (χ1) is 11.9. The minimum Gasteiger partial charge on any atom is -0.465 e. The predicted octanol–water partition coefficient (Wildman–Crippen LogP) is 5.40. The van der Waals surface area contributed by atoms with Gasteiger partial charge in [0.2, 0.25) is 0 Å². The lowest BCUT2D eigenvalue weighted by atomic mass is 9.93. The van der Waals surface area contributed by atoms with Crippen molar-refractivity contribution in [3.63, 3.8) is 0 Å². The Kier molecular flexibility index (Phi) is 6.23. The Morgan fingerprint density at radius 2 is 1.22 bits per heavy atom. The monoisotopic (exact) mass is 425 g/mol. The molecule has 0 saturated heterocycles. The molecule has 1 saturated carbocycles. The third-order valence-corrected chi connectivity index (χ3v) is 4.23. The van der Waals surface area contributed by atoms with Crippen LogP contribution in [0.1, 0.15) is 32.1 Å². The first-order valence-corrected chi connectivity index (χ1v) is 7.47. The molecular weight excluding hydrogens is 411 g/mol. The molecule has 3 nitrogen and oxygen atoms in total. The Morgan fingerprint density at radius 3 is 1.59 bits per heavy atom. The summed E-state index contributed by atoms with van der Waals surface area (Å²) >= 11 is 0.